The molecule has 4 nitrogen and oxygen atoms in total. The van der Waals surface area contributed by atoms with E-state index in [-0.39, 0.29) is 11.0 Å². The van der Waals surface area contributed by atoms with E-state index >= 15 is 0 Å². The lowest BCUT2D eigenvalue weighted by Gasteiger charge is -2.45. The van der Waals surface area contributed by atoms with Crippen molar-refractivity contribution in [2.45, 2.75) is 57.5 Å². The molecule has 27 heavy (non-hydrogen) atoms. The molecule has 2 heterocycles. The maximum Gasteiger partial charge on any atom is 0.101 e. The van der Waals surface area contributed by atoms with Gasteiger partial charge in [0.25, 0.3) is 0 Å². The monoisotopic (exact) mass is 376 g/mol. The molecule has 3 rings (SSSR count). The number of ether oxygens (including phenoxy) is 2. The molecule has 1 aromatic rings. The second-order valence-corrected chi connectivity index (χ2v) is 9.26. The predicted octanol–water partition coefficient (Wildman–Crippen LogP) is 1.08. The number of morpholine rings is 1. The first kappa shape index (κ1) is 20.8. The Morgan fingerprint density at radius 3 is 2.48 bits per heavy atom. The van der Waals surface area contributed by atoms with E-state index in [0.717, 1.165) is 32.7 Å². The topological polar surface area (TPSA) is 39.5 Å². The molecular formula is C23H40N2O2+2. The molecule has 0 aromatic heterocycles. The molecule has 1 aromatic carbocycles. The fourth-order valence-corrected chi connectivity index (χ4v) is 4.92. The van der Waals surface area contributed by atoms with E-state index in [1.807, 2.05) is 0 Å². The molecule has 0 amide bonds. The SMILES string of the molecule is Cc1ccc([C@@]2(CC[NH2+]CCC[NH+]3CCOCC3)CCOC(C)(C)C2)cc1. The smallest absolute Gasteiger partial charge is 0.101 e. The molecule has 2 saturated heterocycles. The van der Waals surface area contributed by atoms with Gasteiger partial charge in [0.05, 0.1) is 38.4 Å². The Balaban J connectivity index is 1.50. The molecule has 0 aliphatic carbocycles. The summed E-state index contributed by atoms with van der Waals surface area (Å²) in [6.45, 7) is 15.6. The van der Waals surface area contributed by atoms with Crippen molar-refractivity contribution in [3.05, 3.63) is 35.4 Å². The number of hydrogen-bond acceptors (Lipinski definition) is 2. The number of nitrogens with one attached hydrogen (secondary N) is 1. The van der Waals surface area contributed by atoms with E-state index in [1.54, 1.807) is 4.90 Å². The number of hydrogen-bond donors (Lipinski definition) is 2. The number of rotatable bonds is 8. The largest absolute Gasteiger partial charge is 0.376 e. The minimum absolute atomic E-state index is 0.0250. The van der Waals surface area contributed by atoms with E-state index in [0.29, 0.717) is 0 Å². The Morgan fingerprint density at radius 2 is 1.78 bits per heavy atom. The van der Waals surface area contributed by atoms with Crippen LogP contribution in [-0.4, -0.2) is 58.1 Å². The zero-order chi connectivity index (χ0) is 19.2. The van der Waals surface area contributed by atoms with Crippen LogP contribution in [0.5, 0.6) is 0 Å². The Morgan fingerprint density at radius 1 is 1.04 bits per heavy atom. The average molecular weight is 377 g/mol. The molecule has 0 saturated carbocycles. The lowest BCUT2D eigenvalue weighted by atomic mass is 9.67. The predicted molar refractivity (Wildman–Crippen MR) is 109 cm³/mol. The summed E-state index contributed by atoms with van der Waals surface area (Å²) in [6.07, 6.45) is 4.81. The molecular weight excluding hydrogens is 336 g/mol. The second-order valence-electron chi connectivity index (χ2n) is 9.26. The van der Waals surface area contributed by atoms with Gasteiger partial charge in [0.1, 0.15) is 13.1 Å². The number of benzene rings is 1. The van der Waals surface area contributed by atoms with Crippen LogP contribution in [0.3, 0.4) is 0 Å². The van der Waals surface area contributed by atoms with Crippen LogP contribution in [0.4, 0.5) is 0 Å². The van der Waals surface area contributed by atoms with Gasteiger partial charge >= 0.3 is 0 Å². The Bertz CT molecular complexity index is 566. The highest BCUT2D eigenvalue weighted by Gasteiger charge is 2.42. The van der Waals surface area contributed by atoms with Gasteiger partial charge in [0, 0.05) is 24.9 Å². The van der Waals surface area contributed by atoms with Crippen LogP contribution in [-0.2, 0) is 14.9 Å². The Kier molecular flexibility index (Phi) is 7.32. The molecule has 0 spiro atoms. The highest BCUT2D eigenvalue weighted by Crippen LogP contribution is 2.43. The van der Waals surface area contributed by atoms with Crippen molar-refractivity contribution in [1.82, 2.24) is 0 Å². The van der Waals surface area contributed by atoms with Crippen molar-refractivity contribution in [2.75, 3.05) is 52.5 Å². The maximum absolute atomic E-state index is 6.05. The summed E-state index contributed by atoms with van der Waals surface area (Å²) in [4.78, 5) is 1.72. The van der Waals surface area contributed by atoms with E-state index < -0.39 is 0 Å². The van der Waals surface area contributed by atoms with E-state index in [2.05, 4.69) is 50.4 Å². The molecule has 4 heteroatoms. The van der Waals surface area contributed by atoms with Gasteiger partial charge in [-0.15, -0.1) is 0 Å². The first-order valence-corrected chi connectivity index (χ1v) is 10.9. The first-order chi connectivity index (χ1) is 13.0. The molecule has 2 aliphatic heterocycles. The third-order valence-electron chi connectivity index (χ3n) is 6.47. The van der Waals surface area contributed by atoms with Gasteiger partial charge in [-0.25, -0.2) is 0 Å². The summed E-state index contributed by atoms with van der Waals surface area (Å²) >= 11 is 0. The quantitative estimate of drug-likeness (QED) is 0.667. The maximum atomic E-state index is 6.05. The van der Waals surface area contributed by atoms with Gasteiger partial charge in [-0.05, 0) is 39.2 Å². The molecule has 3 N–H and O–H groups in total. The highest BCUT2D eigenvalue weighted by atomic mass is 16.5. The number of aryl methyl sites for hydroxylation is 1. The van der Waals surface area contributed by atoms with Crippen LogP contribution in [0.2, 0.25) is 0 Å². The number of quaternary nitrogens is 2. The van der Waals surface area contributed by atoms with Crippen LogP contribution in [0, 0.1) is 6.92 Å². The second kappa shape index (κ2) is 9.51. The van der Waals surface area contributed by atoms with Crippen molar-refractivity contribution in [3.8, 4) is 0 Å². The summed E-state index contributed by atoms with van der Waals surface area (Å²) in [5.41, 5.74) is 3.09. The third-order valence-corrected chi connectivity index (χ3v) is 6.47. The molecule has 0 radical (unpaired) electrons. The Labute approximate surface area is 165 Å². The summed E-state index contributed by atoms with van der Waals surface area (Å²) in [6, 6.07) is 9.26. The van der Waals surface area contributed by atoms with Crippen LogP contribution in [0.15, 0.2) is 24.3 Å². The third kappa shape index (κ3) is 6.02. The van der Waals surface area contributed by atoms with Crippen molar-refractivity contribution in [3.63, 3.8) is 0 Å². The molecule has 152 valence electrons. The van der Waals surface area contributed by atoms with Crippen LogP contribution < -0.4 is 10.2 Å². The number of nitrogens with two attached hydrogens (primary N) is 1. The van der Waals surface area contributed by atoms with Gasteiger partial charge < -0.3 is 19.7 Å². The zero-order valence-electron chi connectivity index (χ0n) is 17.7. The van der Waals surface area contributed by atoms with Gasteiger partial charge in [0.2, 0.25) is 0 Å². The summed E-state index contributed by atoms with van der Waals surface area (Å²) in [5, 5.41) is 2.54. The van der Waals surface area contributed by atoms with Crippen molar-refractivity contribution >= 4 is 0 Å². The summed E-state index contributed by atoms with van der Waals surface area (Å²) < 4.78 is 11.5. The van der Waals surface area contributed by atoms with Gasteiger partial charge in [-0.3, -0.25) is 0 Å². The fraction of sp³-hybridized carbons (Fsp3) is 0.739. The minimum atomic E-state index is -0.0250. The van der Waals surface area contributed by atoms with Gasteiger partial charge in [0.15, 0.2) is 0 Å². The molecule has 0 unspecified atom stereocenters. The van der Waals surface area contributed by atoms with Crippen molar-refractivity contribution in [1.29, 1.82) is 0 Å². The van der Waals surface area contributed by atoms with E-state index in [1.165, 1.54) is 56.7 Å². The van der Waals surface area contributed by atoms with Crippen LogP contribution in [0.1, 0.15) is 50.7 Å². The van der Waals surface area contributed by atoms with E-state index in [9.17, 15) is 0 Å². The van der Waals surface area contributed by atoms with Crippen molar-refractivity contribution < 1.29 is 19.7 Å². The molecule has 1 atom stereocenters. The van der Waals surface area contributed by atoms with Crippen LogP contribution >= 0.6 is 0 Å². The van der Waals surface area contributed by atoms with Gasteiger partial charge in [-0.2, -0.15) is 0 Å². The standard InChI is InChI=1S/C23H38N2O2/c1-20-5-7-21(8-6-20)23(10-16-27-22(2,3)19-23)9-12-24-11-4-13-25-14-17-26-18-15-25/h5-8,24H,4,9-19H2,1-3H3/p+2/t23-/m0/s1. The zero-order valence-corrected chi connectivity index (χ0v) is 17.7. The lowest BCUT2D eigenvalue weighted by Crippen LogP contribution is -3.14. The molecule has 0 bridgehead atoms. The molecule has 2 fully saturated rings. The minimum Gasteiger partial charge on any atom is -0.376 e. The first-order valence-electron chi connectivity index (χ1n) is 10.9. The normalized spacial score (nSPS) is 26.2. The Hall–Kier alpha value is -0.940. The summed E-state index contributed by atoms with van der Waals surface area (Å²) in [7, 11) is 0. The van der Waals surface area contributed by atoms with Gasteiger partial charge in [-0.1, -0.05) is 29.8 Å². The van der Waals surface area contributed by atoms with Crippen molar-refractivity contribution in [2.24, 2.45) is 0 Å². The fourth-order valence-electron chi connectivity index (χ4n) is 4.92. The van der Waals surface area contributed by atoms with Crippen LogP contribution in [0.25, 0.3) is 0 Å². The molecule has 2 aliphatic rings. The summed E-state index contributed by atoms with van der Waals surface area (Å²) in [5.74, 6) is 0. The lowest BCUT2D eigenvalue weighted by molar-refractivity contribution is -0.909. The highest BCUT2D eigenvalue weighted by molar-refractivity contribution is 5.30. The van der Waals surface area contributed by atoms with E-state index in [4.69, 9.17) is 9.47 Å². The average Bonchev–Trinajstić information content (AvgIpc) is 2.65.